The fourth-order valence-electron chi connectivity index (χ4n) is 5.36. The highest BCUT2D eigenvalue weighted by Gasteiger charge is 2.46. The number of para-hydroxylation sites is 3. The maximum absolute atomic E-state index is 13.4. The highest BCUT2D eigenvalue weighted by molar-refractivity contribution is 5.98. The number of anilines is 1. The lowest BCUT2D eigenvalue weighted by Gasteiger charge is -2.45. The van der Waals surface area contributed by atoms with Gasteiger partial charge in [0.2, 0.25) is 0 Å². The molecule has 2 aromatic carbocycles. The Balaban J connectivity index is 1.22. The third kappa shape index (κ3) is 3.05. The summed E-state index contributed by atoms with van der Waals surface area (Å²) in [6.07, 6.45) is 5.96. The predicted molar refractivity (Wildman–Crippen MR) is 122 cm³/mol. The molecule has 6 heteroatoms. The molecule has 0 unspecified atom stereocenters. The number of carbonyl (C=O) groups is 1. The molecule has 2 aliphatic rings. The lowest BCUT2D eigenvalue weighted by atomic mass is 9.84. The van der Waals surface area contributed by atoms with E-state index in [2.05, 4.69) is 19.8 Å². The SMILES string of the molecule is O=C(c1cc2ccccc2[nH]1)N1CCCC12CCN(c1cnc3ccccc3n1)CC2. The van der Waals surface area contributed by atoms with Gasteiger partial charge in [0.1, 0.15) is 11.5 Å². The van der Waals surface area contributed by atoms with Crippen molar-refractivity contribution in [2.24, 2.45) is 0 Å². The molecule has 1 N–H and O–H groups in total. The highest BCUT2D eigenvalue weighted by Crippen LogP contribution is 2.40. The molecular formula is C25H25N5O. The molecule has 156 valence electrons. The van der Waals surface area contributed by atoms with Gasteiger partial charge >= 0.3 is 0 Å². The van der Waals surface area contributed by atoms with E-state index in [4.69, 9.17) is 4.98 Å². The van der Waals surface area contributed by atoms with E-state index in [0.717, 1.165) is 73.1 Å². The van der Waals surface area contributed by atoms with Crippen LogP contribution in [0.1, 0.15) is 36.2 Å². The summed E-state index contributed by atoms with van der Waals surface area (Å²) in [5.74, 6) is 1.06. The Kier molecular flexibility index (Phi) is 4.19. The van der Waals surface area contributed by atoms with E-state index in [1.54, 1.807) is 0 Å². The highest BCUT2D eigenvalue weighted by atomic mass is 16.2. The molecule has 1 amide bonds. The van der Waals surface area contributed by atoms with Crippen LogP contribution in [0.3, 0.4) is 0 Å². The topological polar surface area (TPSA) is 65.1 Å². The van der Waals surface area contributed by atoms with Crippen LogP contribution in [0.15, 0.2) is 60.8 Å². The first-order valence-electron chi connectivity index (χ1n) is 11.1. The number of aromatic amines is 1. The third-order valence-electron chi connectivity index (χ3n) is 7.06. The molecule has 2 saturated heterocycles. The minimum atomic E-state index is -0.0465. The second-order valence-corrected chi connectivity index (χ2v) is 8.76. The number of nitrogens with zero attached hydrogens (tertiary/aromatic N) is 4. The molecule has 6 rings (SSSR count). The molecule has 0 aliphatic carbocycles. The van der Waals surface area contributed by atoms with Crippen molar-refractivity contribution in [3.8, 4) is 0 Å². The Morgan fingerprint density at radius 1 is 0.935 bits per heavy atom. The second kappa shape index (κ2) is 7.08. The molecule has 2 aromatic heterocycles. The van der Waals surface area contributed by atoms with Gasteiger partial charge in [0, 0.05) is 36.1 Å². The van der Waals surface area contributed by atoms with E-state index in [-0.39, 0.29) is 11.4 Å². The predicted octanol–water partition coefficient (Wildman–Crippen LogP) is 4.39. The van der Waals surface area contributed by atoms with Crippen LogP contribution < -0.4 is 4.90 Å². The molecule has 31 heavy (non-hydrogen) atoms. The normalized spacial score (nSPS) is 18.3. The molecule has 2 aliphatic heterocycles. The van der Waals surface area contributed by atoms with Crippen LogP contribution in [0, 0.1) is 0 Å². The van der Waals surface area contributed by atoms with E-state index in [1.807, 2.05) is 60.8 Å². The van der Waals surface area contributed by atoms with Gasteiger partial charge in [-0.25, -0.2) is 4.98 Å². The molecule has 2 fully saturated rings. The van der Waals surface area contributed by atoms with Gasteiger partial charge in [-0.2, -0.15) is 0 Å². The smallest absolute Gasteiger partial charge is 0.270 e. The molecule has 0 radical (unpaired) electrons. The number of hydrogen-bond acceptors (Lipinski definition) is 4. The summed E-state index contributed by atoms with van der Waals surface area (Å²) < 4.78 is 0. The average molecular weight is 412 g/mol. The molecule has 0 bridgehead atoms. The summed E-state index contributed by atoms with van der Waals surface area (Å²) in [5, 5.41) is 1.09. The van der Waals surface area contributed by atoms with Crippen LogP contribution in [0.4, 0.5) is 5.82 Å². The number of benzene rings is 2. The van der Waals surface area contributed by atoms with Crippen molar-refractivity contribution in [3.05, 3.63) is 66.5 Å². The van der Waals surface area contributed by atoms with E-state index in [9.17, 15) is 4.79 Å². The molecule has 0 atom stereocenters. The third-order valence-corrected chi connectivity index (χ3v) is 7.06. The number of fused-ring (bicyclic) bond motifs is 2. The Labute approximate surface area is 180 Å². The first-order valence-corrected chi connectivity index (χ1v) is 11.1. The summed E-state index contributed by atoms with van der Waals surface area (Å²) in [4.78, 5) is 30.6. The summed E-state index contributed by atoms with van der Waals surface area (Å²) in [6, 6.07) is 18.0. The monoisotopic (exact) mass is 411 g/mol. The lowest BCUT2D eigenvalue weighted by Crippen LogP contribution is -2.54. The number of hydrogen-bond donors (Lipinski definition) is 1. The zero-order chi connectivity index (χ0) is 20.8. The largest absolute Gasteiger partial charge is 0.355 e. The summed E-state index contributed by atoms with van der Waals surface area (Å²) in [5.41, 5.74) is 3.52. The van der Waals surface area contributed by atoms with Crippen LogP contribution in [0.5, 0.6) is 0 Å². The quantitative estimate of drug-likeness (QED) is 0.531. The molecule has 1 spiro atoms. The lowest BCUT2D eigenvalue weighted by molar-refractivity contribution is 0.0530. The van der Waals surface area contributed by atoms with E-state index >= 15 is 0 Å². The Hall–Kier alpha value is -3.41. The van der Waals surface area contributed by atoms with E-state index in [0.29, 0.717) is 5.69 Å². The van der Waals surface area contributed by atoms with Crippen molar-refractivity contribution < 1.29 is 4.79 Å². The molecule has 4 heterocycles. The number of carbonyl (C=O) groups excluding carboxylic acids is 1. The van der Waals surface area contributed by atoms with Crippen molar-refractivity contribution in [2.75, 3.05) is 24.5 Å². The number of rotatable bonds is 2. The summed E-state index contributed by atoms with van der Waals surface area (Å²) in [6.45, 7) is 2.62. The van der Waals surface area contributed by atoms with Gasteiger partial charge in [-0.1, -0.05) is 30.3 Å². The zero-order valence-corrected chi connectivity index (χ0v) is 17.4. The van der Waals surface area contributed by atoms with Crippen molar-refractivity contribution in [1.82, 2.24) is 19.9 Å². The first-order chi connectivity index (χ1) is 15.2. The van der Waals surface area contributed by atoms with Gasteiger partial charge in [0.25, 0.3) is 5.91 Å². The van der Waals surface area contributed by atoms with Gasteiger partial charge in [-0.15, -0.1) is 0 Å². The van der Waals surface area contributed by atoms with Gasteiger partial charge in [-0.05, 0) is 49.9 Å². The van der Waals surface area contributed by atoms with E-state index < -0.39 is 0 Å². The van der Waals surface area contributed by atoms with Crippen molar-refractivity contribution in [2.45, 2.75) is 31.2 Å². The summed E-state index contributed by atoms with van der Waals surface area (Å²) in [7, 11) is 0. The number of aromatic nitrogens is 3. The van der Waals surface area contributed by atoms with Gasteiger partial charge in [0.05, 0.1) is 17.2 Å². The fraction of sp³-hybridized carbons (Fsp3) is 0.320. The van der Waals surface area contributed by atoms with Gasteiger partial charge < -0.3 is 14.8 Å². The Morgan fingerprint density at radius 3 is 2.55 bits per heavy atom. The molecule has 6 nitrogen and oxygen atoms in total. The number of nitrogens with one attached hydrogen (secondary N) is 1. The zero-order valence-electron chi connectivity index (χ0n) is 17.4. The number of piperidine rings is 1. The molecule has 0 saturated carbocycles. The maximum Gasteiger partial charge on any atom is 0.270 e. The van der Waals surface area contributed by atoms with Crippen LogP contribution in [0.2, 0.25) is 0 Å². The fourth-order valence-corrected chi connectivity index (χ4v) is 5.36. The summed E-state index contributed by atoms with van der Waals surface area (Å²) >= 11 is 0. The number of likely N-dealkylation sites (tertiary alicyclic amines) is 1. The van der Waals surface area contributed by atoms with Crippen LogP contribution >= 0.6 is 0 Å². The van der Waals surface area contributed by atoms with Crippen molar-refractivity contribution in [3.63, 3.8) is 0 Å². The minimum Gasteiger partial charge on any atom is -0.355 e. The van der Waals surface area contributed by atoms with Crippen molar-refractivity contribution >= 4 is 33.7 Å². The molecular weight excluding hydrogens is 386 g/mol. The van der Waals surface area contributed by atoms with Crippen molar-refractivity contribution in [1.29, 1.82) is 0 Å². The van der Waals surface area contributed by atoms with E-state index in [1.165, 1.54) is 0 Å². The average Bonchev–Trinajstić information content (AvgIpc) is 3.43. The molecule has 4 aromatic rings. The number of H-pyrrole nitrogens is 1. The Morgan fingerprint density at radius 2 is 1.71 bits per heavy atom. The Bertz CT molecular complexity index is 1240. The van der Waals surface area contributed by atoms with Gasteiger partial charge in [0.15, 0.2) is 0 Å². The van der Waals surface area contributed by atoms with Gasteiger partial charge in [-0.3, -0.25) is 9.78 Å². The van der Waals surface area contributed by atoms with Crippen LogP contribution in [-0.4, -0.2) is 50.9 Å². The maximum atomic E-state index is 13.4. The number of amides is 1. The van der Waals surface area contributed by atoms with Crippen LogP contribution in [0.25, 0.3) is 21.9 Å². The first kappa shape index (κ1) is 18.4. The minimum absolute atomic E-state index is 0.0465. The van der Waals surface area contributed by atoms with Crippen LogP contribution in [-0.2, 0) is 0 Å². The standard InChI is InChI=1S/C25H25N5O/c31-24(22-16-18-6-1-2-7-19(18)27-22)30-13-5-10-25(30)11-14-29(15-12-25)23-17-26-20-8-3-4-9-21(20)28-23/h1-4,6-9,16-17,27H,5,10-15H2. The second-order valence-electron chi connectivity index (χ2n) is 8.76.